The molecule has 0 spiro atoms. The first kappa shape index (κ1) is 24.7. The molecule has 0 fully saturated rings. The molecule has 9 heteroatoms. The van der Waals surface area contributed by atoms with Crippen molar-refractivity contribution in [1.82, 2.24) is 10.2 Å². The van der Waals surface area contributed by atoms with Gasteiger partial charge in [-0.25, -0.2) is 8.42 Å². The average molecular weight is 466 g/mol. The highest BCUT2D eigenvalue weighted by molar-refractivity contribution is 7.92. The first-order valence-corrected chi connectivity index (χ1v) is 12.1. The second-order valence-electron chi connectivity index (χ2n) is 7.59. The number of hydrogen-bond donors (Lipinski definition) is 1. The predicted octanol–water partition coefficient (Wildman–Crippen LogP) is 3.05. The van der Waals surface area contributed by atoms with Crippen LogP contribution in [0.15, 0.2) is 54.6 Å². The summed E-state index contributed by atoms with van der Waals surface area (Å²) >= 11 is 5.91. The van der Waals surface area contributed by atoms with Crippen molar-refractivity contribution in [3.05, 3.63) is 65.2 Å². The standard InChI is InChI=1S/C22H28ClN3O4S/c1-16(2)24-22(28)17(3)25(14-18-8-6-5-7-9-18)21(27)15-26(31(4,29)30)20-12-10-19(23)11-13-20/h5-13,16-17H,14-15H2,1-4H3,(H,24,28). The molecule has 0 bridgehead atoms. The summed E-state index contributed by atoms with van der Waals surface area (Å²) in [5, 5.41) is 3.26. The molecule has 0 saturated carbocycles. The van der Waals surface area contributed by atoms with E-state index in [1.807, 2.05) is 44.2 Å². The lowest BCUT2D eigenvalue weighted by molar-refractivity contribution is -0.139. The van der Waals surface area contributed by atoms with Gasteiger partial charge in [0, 0.05) is 17.6 Å². The van der Waals surface area contributed by atoms with E-state index in [1.54, 1.807) is 19.1 Å². The summed E-state index contributed by atoms with van der Waals surface area (Å²) in [6, 6.07) is 14.5. The molecule has 1 unspecified atom stereocenters. The van der Waals surface area contributed by atoms with E-state index < -0.39 is 28.5 Å². The summed E-state index contributed by atoms with van der Waals surface area (Å²) in [6.45, 7) is 5.03. The van der Waals surface area contributed by atoms with E-state index in [4.69, 9.17) is 11.6 Å². The van der Waals surface area contributed by atoms with E-state index in [1.165, 1.54) is 17.0 Å². The van der Waals surface area contributed by atoms with E-state index >= 15 is 0 Å². The molecule has 7 nitrogen and oxygen atoms in total. The quantitative estimate of drug-likeness (QED) is 0.616. The van der Waals surface area contributed by atoms with Crippen molar-refractivity contribution in [1.29, 1.82) is 0 Å². The second kappa shape index (κ2) is 10.6. The van der Waals surface area contributed by atoms with Crippen LogP contribution in [0, 0.1) is 0 Å². The number of amides is 2. The Bertz CT molecular complexity index is 995. The lowest BCUT2D eigenvalue weighted by atomic mass is 10.1. The van der Waals surface area contributed by atoms with Crippen LogP contribution in [0.4, 0.5) is 5.69 Å². The Morgan fingerprint density at radius 3 is 2.10 bits per heavy atom. The van der Waals surface area contributed by atoms with Crippen LogP contribution in [0.1, 0.15) is 26.3 Å². The average Bonchev–Trinajstić information content (AvgIpc) is 2.70. The summed E-state index contributed by atoms with van der Waals surface area (Å²) in [5.41, 5.74) is 1.15. The van der Waals surface area contributed by atoms with E-state index in [9.17, 15) is 18.0 Å². The normalized spacial score (nSPS) is 12.3. The highest BCUT2D eigenvalue weighted by Crippen LogP contribution is 2.21. The van der Waals surface area contributed by atoms with Gasteiger partial charge in [0.1, 0.15) is 12.6 Å². The van der Waals surface area contributed by atoms with Crippen molar-refractivity contribution in [3.63, 3.8) is 0 Å². The van der Waals surface area contributed by atoms with Gasteiger partial charge in [-0.3, -0.25) is 13.9 Å². The van der Waals surface area contributed by atoms with Gasteiger partial charge in [-0.1, -0.05) is 41.9 Å². The molecule has 0 aliphatic carbocycles. The summed E-state index contributed by atoms with van der Waals surface area (Å²) < 4.78 is 25.9. The molecule has 0 aromatic heterocycles. The van der Waals surface area contributed by atoms with E-state index in [0.29, 0.717) is 10.7 Å². The monoisotopic (exact) mass is 465 g/mol. The van der Waals surface area contributed by atoms with E-state index in [0.717, 1.165) is 16.1 Å². The molecule has 0 aliphatic rings. The van der Waals surface area contributed by atoms with Crippen LogP contribution in [-0.4, -0.2) is 50.0 Å². The fraction of sp³-hybridized carbons (Fsp3) is 0.364. The summed E-state index contributed by atoms with van der Waals surface area (Å²) in [4.78, 5) is 27.3. The van der Waals surface area contributed by atoms with E-state index in [2.05, 4.69) is 5.32 Å². The number of sulfonamides is 1. The van der Waals surface area contributed by atoms with Gasteiger partial charge in [-0.05, 0) is 50.6 Å². The minimum Gasteiger partial charge on any atom is -0.352 e. The molecule has 0 heterocycles. The molecule has 2 aromatic rings. The SMILES string of the molecule is CC(C)NC(=O)C(C)N(Cc1ccccc1)C(=O)CN(c1ccc(Cl)cc1)S(C)(=O)=O. The number of carbonyl (C=O) groups is 2. The molecule has 0 aliphatic heterocycles. The van der Waals surface area contributed by atoms with Crippen molar-refractivity contribution >= 4 is 39.1 Å². The molecule has 31 heavy (non-hydrogen) atoms. The molecule has 1 N–H and O–H groups in total. The molecular formula is C22H28ClN3O4S. The third-order valence-electron chi connectivity index (χ3n) is 4.59. The van der Waals surface area contributed by atoms with Crippen molar-refractivity contribution in [3.8, 4) is 0 Å². The van der Waals surface area contributed by atoms with Crippen molar-refractivity contribution in [2.75, 3.05) is 17.1 Å². The molecule has 1 atom stereocenters. The number of rotatable bonds is 9. The fourth-order valence-electron chi connectivity index (χ4n) is 2.99. The largest absolute Gasteiger partial charge is 0.352 e. The van der Waals surface area contributed by atoms with Crippen LogP contribution >= 0.6 is 11.6 Å². The van der Waals surface area contributed by atoms with Crippen LogP contribution < -0.4 is 9.62 Å². The van der Waals surface area contributed by atoms with Crippen molar-refractivity contribution < 1.29 is 18.0 Å². The first-order valence-electron chi connectivity index (χ1n) is 9.86. The van der Waals surface area contributed by atoms with Gasteiger partial charge in [0.05, 0.1) is 11.9 Å². The van der Waals surface area contributed by atoms with Gasteiger partial charge >= 0.3 is 0 Å². The van der Waals surface area contributed by atoms with Gasteiger partial charge in [0.25, 0.3) is 0 Å². The number of halogens is 1. The molecule has 2 rings (SSSR count). The maximum Gasteiger partial charge on any atom is 0.244 e. The van der Waals surface area contributed by atoms with Gasteiger partial charge < -0.3 is 10.2 Å². The minimum atomic E-state index is -3.76. The molecule has 0 saturated heterocycles. The number of anilines is 1. The van der Waals surface area contributed by atoms with Crippen LogP contribution in [0.5, 0.6) is 0 Å². The Hall–Kier alpha value is -2.58. The third-order valence-corrected chi connectivity index (χ3v) is 5.98. The summed E-state index contributed by atoms with van der Waals surface area (Å²) in [5.74, 6) is -0.799. The number of carbonyl (C=O) groups excluding carboxylic acids is 2. The first-order chi connectivity index (χ1) is 14.5. The van der Waals surface area contributed by atoms with Gasteiger partial charge in [-0.2, -0.15) is 0 Å². The van der Waals surface area contributed by atoms with E-state index in [-0.39, 0.29) is 18.5 Å². The maximum atomic E-state index is 13.3. The molecule has 0 radical (unpaired) electrons. The van der Waals surface area contributed by atoms with Gasteiger partial charge in [0.15, 0.2) is 0 Å². The maximum absolute atomic E-state index is 13.3. The molecule has 2 amide bonds. The van der Waals surface area contributed by atoms with Crippen LogP contribution in [0.2, 0.25) is 5.02 Å². The number of benzene rings is 2. The summed E-state index contributed by atoms with van der Waals surface area (Å²) in [6.07, 6.45) is 1.03. The van der Waals surface area contributed by atoms with Crippen LogP contribution in [-0.2, 0) is 26.2 Å². The Balaban J connectivity index is 2.35. The molecule has 168 valence electrons. The molecule has 2 aromatic carbocycles. The zero-order chi connectivity index (χ0) is 23.2. The van der Waals surface area contributed by atoms with Crippen molar-refractivity contribution in [2.45, 2.75) is 39.4 Å². The Morgan fingerprint density at radius 1 is 1.00 bits per heavy atom. The Kier molecular flexibility index (Phi) is 8.47. The lowest BCUT2D eigenvalue weighted by Gasteiger charge is -2.31. The summed E-state index contributed by atoms with van der Waals surface area (Å²) in [7, 11) is -3.76. The topological polar surface area (TPSA) is 86.8 Å². The van der Waals surface area contributed by atoms with Gasteiger partial charge in [-0.15, -0.1) is 0 Å². The zero-order valence-electron chi connectivity index (χ0n) is 18.1. The number of nitrogens with one attached hydrogen (secondary N) is 1. The number of hydrogen-bond acceptors (Lipinski definition) is 4. The lowest BCUT2D eigenvalue weighted by Crippen LogP contribution is -2.52. The smallest absolute Gasteiger partial charge is 0.244 e. The zero-order valence-corrected chi connectivity index (χ0v) is 19.7. The second-order valence-corrected chi connectivity index (χ2v) is 9.94. The number of nitrogens with zero attached hydrogens (tertiary/aromatic N) is 2. The highest BCUT2D eigenvalue weighted by Gasteiger charge is 2.30. The highest BCUT2D eigenvalue weighted by atomic mass is 35.5. The molecular weight excluding hydrogens is 438 g/mol. The Labute approximate surface area is 189 Å². The third kappa shape index (κ3) is 7.25. The van der Waals surface area contributed by atoms with Crippen molar-refractivity contribution in [2.24, 2.45) is 0 Å². The Morgan fingerprint density at radius 2 is 1.58 bits per heavy atom. The fourth-order valence-corrected chi connectivity index (χ4v) is 3.96. The van der Waals surface area contributed by atoms with Crippen LogP contribution in [0.3, 0.4) is 0 Å². The minimum absolute atomic E-state index is 0.0924. The predicted molar refractivity (Wildman–Crippen MR) is 123 cm³/mol. The van der Waals surface area contributed by atoms with Gasteiger partial charge in [0.2, 0.25) is 21.8 Å². The van der Waals surface area contributed by atoms with Crippen LogP contribution in [0.25, 0.3) is 0 Å².